The number of hydrogen-bond donors (Lipinski definition) is 0. The Hall–Kier alpha value is -4.05. The molecule has 7 heteroatoms. The van der Waals surface area contributed by atoms with Crippen LogP contribution in [0.3, 0.4) is 0 Å². The lowest BCUT2D eigenvalue weighted by Gasteiger charge is -2.29. The molecule has 0 bridgehead atoms. The van der Waals surface area contributed by atoms with Gasteiger partial charge in [-0.1, -0.05) is 12.6 Å². The SMILES string of the molecule is [C-]#[N+]c1cnc2n1CCc1ccc(Oc3ccc4c(c3)-c3nccn3CN4C)cc1-2. The molecule has 0 fully saturated rings. The first-order valence-electron chi connectivity index (χ1n) is 9.82. The van der Waals surface area contributed by atoms with Gasteiger partial charge in [0, 0.05) is 42.7 Å². The van der Waals surface area contributed by atoms with Crippen molar-refractivity contribution in [2.45, 2.75) is 19.6 Å². The van der Waals surface area contributed by atoms with Crippen molar-refractivity contribution in [3.8, 4) is 34.3 Å². The van der Waals surface area contributed by atoms with Crippen molar-refractivity contribution in [2.24, 2.45) is 0 Å². The Balaban J connectivity index is 1.37. The molecule has 0 spiro atoms. The van der Waals surface area contributed by atoms with E-state index in [-0.39, 0.29) is 0 Å². The fraction of sp³-hybridized carbons (Fsp3) is 0.174. The Morgan fingerprint density at radius 1 is 1.03 bits per heavy atom. The summed E-state index contributed by atoms with van der Waals surface area (Å²) in [7, 11) is 2.07. The first-order chi connectivity index (χ1) is 14.7. The minimum atomic E-state index is 0.580. The number of rotatable bonds is 2. The molecule has 0 atom stereocenters. The summed E-state index contributed by atoms with van der Waals surface area (Å²) in [4.78, 5) is 14.8. The Kier molecular flexibility index (Phi) is 3.50. The van der Waals surface area contributed by atoms with Crippen LogP contribution >= 0.6 is 0 Å². The quantitative estimate of drug-likeness (QED) is 0.462. The maximum atomic E-state index is 7.34. The van der Waals surface area contributed by atoms with Gasteiger partial charge in [0.05, 0.1) is 19.4 Å². The predicted molar refractivity (Wildman–Crippen MR) is 114 cm³/mol. The van der Waals surface area contributed by atoms with E-state index in [4.69, 9.17) is 11.3 Å². The van der Waals surface area contributed by atoms with Crippen LogP contribution < -0.4 is 9.64 Å². The second kappa shape index (κ2) is 6.22. The van der Waals surface area contributed by atoms with Gasteiger partial charge >= 0.3 is 0 Å². The Morgan fingerprint density at radius 3 is 2.73 bits per heavy atom. The molecule has 0 aliphatic carbocycles. The highest BCUT2D eigenvalue weighted by molar-refractivity contribution is 5.78. The zero-order chi connectivity index (χ0) is 20.2. The van der Waals surface area contributed by atoms with Crippen molar-refractivity contribution in [1.29, 1.82) is 0 Å². The van der Waals surface area contributed by atoms with E-state index < -0.39 is 0 Å². The minimum absolute atomic E-state index is 0.580. The number of fused-ring (bicyclic) bond motifs is 6. The third kappa shape index (κ3) is 2.44. The molecule has 0 saturated heterocycles. The molecule has 4 heterocycles. The summed E-state index contributed by atoms with van der Waals surface area (Å²) in [6, 6.07) is 12.2. The molecule has 0 saturated carbocycles. The third-order valence-electron chi connectivity index (χ3n) is 5.81. The molecule has 0 radical (unpaired) electrons. The molecule has 0 unspecified atom stereocenters. The zero-order valence-electron chi connectivity index (χ0n) is 16.4. The molecule has 2 aromatic heterocycles. The first kappa shape index (κ1) is 16.9. The predicted octanol–water partition coefficient (Wildman–Crippen LogP) is 4.72. The van der Waals surface area contributed by atoms with Crippen LogP contribution in [0.1, 0.15) is 5.56 Å². The number of ether oxygens (including phenoxy) is 1. The molecule has 146 valence electrons. The zero-order valence-corrected chi connectivity index (χ0v) is 16.4. The van der Waals surface area contributed by atoms with Gasteiger partial charge in [-0.3, -0.25) is 4.57 Å². The van der Waals surface area contributed by atoms with Gasteiger partial charge in [0.1, 0.15) is 17.3 Å². The molecular formula is C23H18N6O. The molecule has 2 aromatic carbocycles. The summed E-state index contributed by atoms with van der Waals surface area (Å²) in [5, 5.41) is 0. The average molecular weight is 394 g/mol. The van der Waals surface area contributed by atoms with Crippen molar-refractivity contribution in [1.82, 2.24) is 19.1 Å². The molecule has 0 N–H and O–H groups in total. The van der Waals surface area contributed by atoms with E-state index >= 15 is 0 Å². The summed E-state index contributed by atoms with van der Waals surface area (Å²) in [5.41, 5.74) is 4.45. The van der Waals surface area contributed by atoms with Crippen LogP contribution in [0.4, 0.5) is 11.5 Å². The second-order valence-electron chi connectivity index (χ2n) is 7.61. The van der Waals surface area contributed by atoms with E-state index in [2.05, 4.69) is 43.5 Å². The molecule has 30 heavy (non-hydrogen) atoms. The van der Waals surface area contributed by atoms with Crippen LogP contribution in [0.15, 0.2) is 55.0 Å². The molecule has 6 rings (SSSR count). The summed E-state index contributed by atoms with van der Waals surface area (Å²) >= 11 is 0. The maximum absolute atomic E-state index is 7.34. The highest BCUT2D eigenvalue weighted by Crippen LogP contribution is 2.39. The lowest BCUT2D eigenvalue weighted by atomic mass is 10.0. The van der Waals surface area contributed by atoms with Gasteiger partial charge in [0.25, 0.3) is 0 Å². The highest BCUT2D eigenvalue weighted by Gasteiger charge is 2.24. The third-order valence-corrected chi connectivity index (χ3v) is 5.81. The van der Waals surface area contributed by atoms with Gasteiger partial charge in [-0.15, -0.1) is 0 Å². The van der Waals surface area contributed by atoms with E-state index in [0.29, 0.717) is 5.82 Å². The largest absolute Gasteiger partial charge is 0.457 e. The summed E-state index contributed by atoms with van der Waals surface area (Å²) in [6.45, 7) is 8.90. The molecule has 4 aromatic rings. The average Bonchev–Trinajstić information content (AvgIpc) is 3.40. The fourth-order valence-electron chi connectivity index (χ4n) is 4.37. The lowest BCUT2D eigenvalue weighted by Crippen LogP contribution is -2.26. The van der Waals surface area contributed by atoms with Gasteiger partial charge in [-0.2, -0.15) is 0 Å². The van der Waals surface area contributed by atoms with Crippen molar-refractivity contribution in [3.05, 3.63) is 72.0 Å². The van der Waals surface area contributed by atoms with E-state index in [9.17, 15) is 0 Å². The van der Waals surface area contributed by atoms with Gasteiger partial charge in [-0.25, -0.2) is 9.97 Å². The Labute approximate surface area is 173 Å². The summed E-state index contributed by atoms with van der Waals surface area (Å²) in [6.07, 6.45) is 6.35. The second-order valence-corrected chi connectivity index (χ2v) is 7.61. The van der Waals surface area contributed by atoms with E-state index in [1.807, 2.05) is 41.2 Å². The smallest absolute Gasteiger partial charge is 0.250 e. The normalized spacial score (nSPS) is 13.7. The van der Waals surface area contributed by atoms with Crippen LogP contribution in [-0.4, -0.2) is 26.1 Å². The van der Waals surface area contributed by atoms with E-state index in [1.54, 1.807) is 6.20 Å². The fourth-order valence-corrected chi connectivity index (χ4v) is 4.37. The number of benzene rings is 2. The molecule has 0 amide bonds. The van der Waals surface area contributed by atoms with Crippen molar-refractivity contribution < 1.29 is 4.74 Å². The summed E-state index contributed by atoms with van der Waals surface area (Å²) < 4.78 is 10.3. The van der Waals surface area contributed by atoms with Crippen LogP contribution in [0.25, 0.3) is 27.6 Å². The minimum Gasteiger partial charge on any atom is -0.457 e. The number of hydrogen-bond acceptors (Lipinski definition) is 4. The maximum Gasteiger partial charge on any atom is 0.250 e. The van der Waals surface area contributed by atoms with Gasteiger partial charge in [0.15, 0.2) is 0 Å². The van der Waals surface area contributed by atoms with Crippen molar-refractivity contribution in [3.63, 3.8) is 0 Å². The topological polar surface area (TPSA) is 52.5 Å². The molecule has 2 aliphatic rings. The highest BCUT2D eigenvalue weighted by atomic mass is 16.5. The lowest BCUT2D eigenvalue weighted by molar-refractivity contribution is 0.482. The van der Waals surface area contributed by atoms with Gasteiger partial charge in [-0.05, 0) is 35.9 Å². The van der Waals surface area contributed by atoms with Gasteiger partial charge < -0.3 is 19.0 Å². The van der Waals surface area contributed by atoms with Crippen LogP contribution in [0.2, 0.25) is 0 Å². The summed E-state index contributed by atoms with van der Waals surface area (Å²) in [5.74, 6) is 3.88. The Morgan fingerprint density at radius 2 is 1.87 bits per heavy atom. The van der Waals surface area contributed by atoms with Crippen LogP contribution in [0.5, 0.6) is 11.5 Å². The molecule has 7 nitrogen and oxygen atoms in total. The molecule has 2 aliphatic heterocycles. The van der Waals surface area contributed by atoms with E-state index in [0.717, 1.165) is 59.6 Å². The van der Waals surface area contributed by atoms with Crippen LogP contribution in [-0.2, 0) is 19.6 Å². The Bertz CT molecular complexity index is 1340. The number of aromatic nitrogens is 4. The monoisotopic (exact) mass is 394 g/mol. The number of anilines is 1. The molecular weight excluding hydrogens is 376 g/mol. The van der Waals surface area contributed by atoms with Gasteiger partial charge in [0.2, 0.25) is 11.6 Å². The van der Waals surface area contributed by atoms with Crippen LogP contribution in [0, 0.1) is 6.57 Å². The van der Waals surface area contributed by atoms with Crippen molar-refractivity contribution >= 4 is 11.5 Å². The van der Waals surface area contributed by atoms with Crippen molar-refractivity contribution in [2.75, 3.05) is 11.9 Å². The number of aryl methyl sites for hydroxylation is 1. The number of nitrogens with zero attached hydrogens (tertiary/aromatic N) is 6. The standard InChI is InChI=1S/C23H18N6O/c1-24-21-13-26-23-18-11-16(4-3-15(18)7-9-29(21)23)30-17-5-6-20-19(12-17)22-25-8-10-28(22)14-27(20)2/h3-6,8,10-13H,7,9,14H2,2H3. The first-order valence-corrected chi connectivity index (χ1v) is 9.82. The number of imidazole rings is 2. The van der Waals surface area contributed by atoms with E-state index in [1.165, 1.54) is 5.56 Å².